The van der Waals surface area contributed by atoms with E-state index in [0.717, 1.165) is 36.6 Å². The number of rotatable bonds is 5. The van der Waals surface area contributed by atoms with E-state index in [1.54, 1.807) is 7.11 Å². The molecule has 2 aromatic heterocycles. The molecule has 0 bridgehead atoms. The van der Waals surface area contributed by atoms with Gasteiger partial charge in [0.25, 0.3) is 0 Å². The van der Waals surface area contributed by atoms with Gasteiger partial charge in [0.1, 0.15) is 5.75 Å². The van der Waals surface area contributed by atoms with Gasteiger partial charge in [0.15, 0.2) is 0 Å². The van der Waals surface area contributed by atoms with Gasteiger partial charge in [0, 0.05) is 42.7 Å². The van der Waals surface area contributed by atoms with Crippen LogP contribution in [0.5, 0.6) is 5.75 Å². The van der Waals surface area contributed by atoms with Gasteiger partial charge < -0.3 is 4.74 Å². The Labute approximate surface area is 160 Å². The van der Waals surface area contributed by atoms with Crippen LogP contribution in [0.3, 0.4) is 0 Å². The number of methoxy groups -OCH3 is 1. The molecular weight excluding hydrogens is 334 g/mol. The van der Waals surface area contributed by atoms with Crippen LogP contribution in [0.25, 0.3) is 11.3 Å². The van der Waals surface area contributed by atoms with Gasteiger partial charge >= 0.3 is 0 Å². The van der Waals surface area contributed by atoms with Crippen molar-refractivity contribution in [1.82, 2.24) is 14.9 Å². The number of hydrogen-bond acceptors (Lipinski definition) is 4. The second-order valence-electron chi connectivity index (χ2n) is 7.12. The van der Waals surface area contributed by atoms with Gasteiger partial charge in [0.05, 0.1) is 12.8 Å². The van der Waals surface area contributed by atoms with Crippen molar-refractivity contribution in [2.45, 2.75) is 25.3 Å². The molecule has 0 radical (unpaired) electrons. The maximum Gasteiger partial charge on any atom is 0.119 e. The topological polar surface area (TPSA) is 38.2 Å². The first-order valence-corrected chi connectivity index (χ1v) is 9.54. The Balaban J connectivity index is 1.51. The summed E-state index contributed by atoms with van der Waals surface area (Å²) < 4.78 is 5.35. The molecule has 3 aromatic rings. The molecule has 1 fully saturated rings. The lowest BCUT2D eigenvalue weighted by Crippen LogP contribution is -2.34. The van der Waals surface area contributed by atoms with Crippen LogP contribution < -0.4 is 4.74 Å². The molecule has 0 spiro atoms. The van der Waals surface area contributed by atoms with Crippen LogP contribution in [0, 0.1) is 0 Å². The van der Waals surface area contributed by atoms with Crippen LogP contribution in [-0.2, 0) is 6.54 Å². The Morgan fingerprint density at radius 3 is 2.89 bits per heavy atom. The largest absolute Gasteiger partial charge is 0.497 e. The highest BCUT2D eigenvalue weighted by Gasteiger charge is 2.22. The summed E-state index contributed by atoms with van der Waals surface area (Å²) in [4.78, 5) is 11.7. The molecule has 0 amide bonds. The van der Waals surface area contributed by atoms with Crippen LogP contribution in [0.2, 0.25) is 0 Å². The second kappa shape index (κ2) is 8.31. The van der Waals surface area contributed by atoms with E-state index in [1.807, 2.05) is 36.7 Å². The standard InChI is InChI=1S/C23H25N3O/c1-27-21-9-2-7-19(14-21)22-10-3-11-23(25-22)20-8-5-13-26(17-20)16-18-6-4-12-24-15-18/h2-4,6-7,9-12,14-15,20H,5,8,13,16-17H2,1H3/t20-/m1/s1. The Hall–Kier alpha value is -2.72. The average molecular weight is 359 g/mol. The fourth-order valence-corrected chi connectivity index (χ4v) is 3.81. The van der Waals surface area contributed by atoms with E-state index in [4.69, 9.17) is 9.72 Å². The first-order chi connectivity index (χ1) is 13.3. The fourth-order valence-electron chi connectivity index (χ4n) is 3.81. The zero-order valence-electron chi connectivity index (χ0n) is 15.7. The monoisotopic (exact) mass is 359 g/mol. The summed E-state index contributed by atoms with van der Waals surface area (Å²) in [7, 11) is 1.70. The zero-order valence-corrected chi connectivity index (χ0v) is 15.7. The molecule has 3 heterocycles. The molecule has 1 aliphatic rings. The van der Waals surface area contributed by atoms with E-state index in [1.165, 1.54) is 24.1 Å². The predicted octanol–water partition coefficient (Wildman–Crippen LogP) is 4.53. The highest BCUT2D eigenvalue weighted by molar-refractivity contribution is 5.61. The van der Waals surface area contributed by atoms with Gasteiger partial charge in [-0.15, -0.1) is 0 Å². The lowest BCUT2D eigenvalue weighted by molar-refractivity contribution is 0.198. The molecular formula is C23H25N3O. The maximum atomic E-state index is 5.35. The van der Waals surface area contributed by atoms with Gasteiger partial charge in [-0.25, -0.2) is 0 Å². The van der Waals surface area contributed by atoms with Crippen LogP contribution in [0.4, 0.5) is 0 Å². The van der Waals surface area contributed by atoms with Gasteiger partial charge in [-0.3, -0.25) is 14.9 Å². The lowest BCUT2D eigenvalue weighted by atomic mass is 9.93. The number of pyridine rings is 2. The summed E-state index contributed by atoms with van der Waals surface area (Å²) >= 11 is 0. The van der Waals surface area contributed by atoms with E-state index >= 15 is 0 Å². The van der Waals surface area contributed by atoms with E-state index < -0.39 is 0 Å². The van der Waals surface area contributed by atoms with Crippen LogP contribution in [-0.4, -0.2) is 35.1 Å². The number of nitrogens with zero attached hydrogens (tertiary/aromatic N) is 3. The molecule has 1 saturated heterocycles. The normalized spacial score (nSPS) is 17.6. The van der Waals surface area contributed by atoms with E-state index in [9.17, 15) is 0 Å². The minimum atomic E-state index is 0.473. The summed E-state index contributed by atoms with van der Waals surface area (Å²) in [5, 5.41) is 0. The van der Waals surface area contributed by atoms with Crippen molar-refractivity contribution in [1.29, 1.82) is 0 Å². The minimum absolute atomic E-state index is 0.473. The quantitative estimate of drug-likeness (QED) is 0.671. The number of piperidine rings is 1. The minimum Gasteiger partial charge on any atom is -0.497 e. The van der Waals surface area contributed by atoms with Gasteiger partial charge in [-0.1, -0.05) is 24.3 Å². The molecule has 27 heavy (non-hydrogen) atoms. The molecule has 1 atom stereocenters. The SMILES string of the molecule is COc1cccc(-c2cccc([C@@H]3CCCN(Cc4cccnc4)C3)n2)c1. The molecule has 0 aliphatic carbocycles. The molecule has 1 aliphatic heterocycles. The smallest absolute Gasteiger partial charge is 0.119 e. The van der Waals surface area contributed by atoms with Crippen LogP contribution >= 0.6 is 0 Å². The van der Waals surface area contributed by atoms with Crippen LogP contribution in [0.1, 0.15) is 30.0 Å². The number of aromatic nitrogens is 2. The van der Waals surface area contributed by atoms with Crippen molar-refractivity contribution in [2.75, 3.05) is 20.2 Å². The van der Waals surface area contributed by atoms with E-state index in [-0.39, 0.29) is 0 Å². The number of benzene rings is 1. The third kappa shape index (κ3) is 4.34. The molecule has 4 heteroatoms. The van der Waals surface area contributed by atoms with Gasteiger partial charge in [-0.2, -0.15) is 0 Å². The predicted molar refractivity (Wildman–Crippen MR) is 108 cm³/mol. The van der Waals surface area contributed by atoms with Crippen molar-refractivity contribution in [3.63, 3.8) is 0 Å². The van der Waals surface area contributed by atoms with Crippen molar-refractivity contribution >= 4 is 0 Å². The van der Waals surface area contributed by atoms with Crippen molar-refractivity contribution in [3.8, 4) is 17.0 Å². The summed E-state index contributed by atoms with van der Waals surface area (Å²) in [6.07, 6.45) is 6.19. The first-order valence-electron chi connectivity index (χ1n) is 9.54. The highest BCUT2D eigenvalue weighted by atomic mass is 16.5. The Bertz CT molecular complexity index is 882. The summed E-state index contributed by atoms with van der Waals surface area (Å²) in [5.74, 6) is 1.33. The Kier molecular flexibility index (Phi) is 5.45. The third-order valence-electron chi connectivity index (χ3n) is 5.19. The van der Waals surface area contributed by atoms with E-state index in [2.05, 4.69) is 40.2 Å². The van der Waals surface area contributed by atoms with Gasteiger partial charge in [-0.05, 0) is 55.3 Å². The lowest BCUT2D eigenvalue weighted by Gasteiger charge is -2.32. The summed E-state index contributed by atoms with van der Waals surface area (Å²) in [6.45, 7) is 3.14. The van der Waals surface area contributed by atoms with E-state index in [0.29, 0.717) is 5.92 Å². The Morgan fingerprint density at radius 2 is 2.04 bits per heavy atom. The van der Waals surface area contributed by atoms with Gasteiger partial charge in [0.2, 0.25) is 0 Å². The average Bonchev–Trinajstić information content (AvgIpc) is 2.75. The van der Waals surface area contributed by atoms with Crippen molar-refractivity contribution < 1.29 is 4.74 Å². The maximum absolute atomic E-state index is 5.35. The second-order valence-corrected chi connectivity index (χ2v) is 7.12. The number of hydrogen-bond donors (Lipinski definition) is 0. The Morgan fingerprint density at radius 1 is 1.11 bits per heavy atom. The molecule has 0 unspecified atom stereocenters. The zero-order chi connectivity index (χ0) is 18.5. The molecule has 4 nitrogen and oxygen atoms in total. The molecule has 1 aromatic carbocycles. The fraction of sp³-hybridized carbons (Fsp3) is 0.304. The molecule has 4 rings (SSSR count). The first kappa shape index (κ1) is 17.7. The summed E-state index contributed by atoms with van der Waals surface area (Å²) in [5.41, 5.74) is 4.57. The molecule has 0 N–H and O–H groups in total. The third-order valence-corrected chi connectivity index (χ3v) is 5.19. The number of ether oxygens (including phenoxy) is 1. The van der Waals surface area contributed by atoms with Crippen molar-refractivity contribution in [3.05, 3.63) is 78.2 Å². The highest BCUT2D eigenvalue weighted by Crippen LogP contribution is 2.29. The van der Waals surface area contributed by atoms with Crippen molar-refractivity contribution in [2.24, 2.45) is 0 Å². The molecule has 0 saturated carbocycles. The number of likely N-dealkylation sites (tertiary alicyclic amines) is 1. The molecule has 138 valence electrons. The van der Waals surface area contributed by atoms with Crippen LogP contribution in [0.15, 0.2) is 67.0 Å². The summed E-state index contributed by atoms with van der Waals surface area (Å²) in [6, 6.07) is 18.6.